The van der Waals surface area contributed by atoms with Crippen LogP contribution in [0.15, 0.2) is 29.4 Å². The minimum atomic E-state index is 0.225. The minimum Gasteiger partial charge on any atom is -0.357 e. The molecule has 0 spiro atoms. The molecular formula is C11H15N3S. The van der Waals surface area contributed by atoms with Gasteiger partial charge < -0.3 is 5.32 Å². The van der Waals surface area contributed by atoms with Crippen molar-refractivity contribution in [1.29, 1.82) is 0 Å². The number of thioether (sulfide) groups is 1. The van der Waals surface area contributed by atoms with Crippen molar-refractivity contribution in [3.8, 4) is 0 Å². The molecule has 3 nitrogen and oxygen atoms in total. The number of nitrogens with zero attached hydrogens (tertiary/aromatic N) is 2. The van der Waals surface area contributed by atoms with Gasteiger partial charge in [-0.15, -0.1) is 0 Å². The van der Waals surface area contributed by atoms with Gasteiger partial charge in [0.2, 0.25) is 0 Å². The summed E-state index contributed by atoms with van der Waals surface area (Å²) in [5, 5.41) is 5.02. The third kappa shape index (κ3) is 2.72. The normalized spacial score (nSPS) is 22.3. The summed E-state index contributed by atoms with van der Waals surface area (Å²) in [6.45, 7) is 5.21. The molecule has 0 saturated carbocycles. The van der Waals surface area contributed by atoms with Crippen LogP contribution in [0, 0.1) is 0 Å². The van der Waals surface area contributed by atoms with E-state index in [1.165, 1.54) is 0 Å². The van der Waals surface area contributed by atoms with Gasteiger partial charge in [-0.2, -0.15) is 0 Å². The van der Waals surface area contributed by atoms with Gasteiger partial charge in [0.1, 0.15) is 0 Å². The lowest BCUT2D eigenvalue weighted by atomic mass is 10.2. The molecule has 0 saturated heterocycles. The van der Waals surface area contributed by atoms with Gasteiger partial charge in [0, 0.05) is 11.4 Å². The van der Waals surface area contributed by atoms with Crippen molar-refractivity contribution >= 4 is 16.9 Å². The molecule has 1 aliphatic heterocycles. The Kier molecular flexibility index (Phi) is 3.26. The van der Waals surface area contributed by atoms with E-state index in [1.807, 2.05) is 24.4 Å². The van der Waals surface area contributed by atoms with Crippen molar-refractivity contribution < 1.29 is 0 Å². The van der Waals surface area contributed by atoms with Gasteiger partial charge in [-0.05, 0) is 19.1 Å². The standard InChI is InChI=1S/C11H15N3S/c1-8-7-13-11(15-8)14-9(2)10-5-3-4-6-12-10/h3-6,8-9H,7H2,1-2H3,(H,13,14). The summed E-state index contributed by atoms with van der Waals surface area (Å²) in [7, 11) is 0. The Hall–Kier alpha value is -1.03. The molecule has 4 heteroatoms. The van der Waals surface area contributed by atoms with Crippen molar-refractivity contribution in [2.45, 2.75) is 25.1 Å². The second-order valence-electron chi connectivity index (χ2n) is 3.69. The highest BCUT2D eigenvalue weighted by Crippen LogP contribution is 2.20. The molecule has 1 aromatic heterocycles. The van der Waals surface area contributed by atoms with Crippen molar-refractivity contribution in [3.63, 3.8) is 0 Å². The maximum atomic E-state index is 4.42. The number of hydrogen-bond acceptors (Lipinski definition) is 4. The second-order valence-corrected chi connectivity index (χ2v) is 5.12. The minimum absolute atomic E-state index is 0.225. The van der Waals surface area contributed by atoms with E-state index in [0.717, 1.165) is 17.4 Å². The van der Waals surface area contributed by atoms with Crippen LogP contribution < -0.4 is 5.32 Å². The number of hydrogen-bond donors (Lipinski definition) is 1. The predicted molar refractivity (Wildman–Crippen MR) is 65.1 cm³/mol. The highest BCUT2D eigenvalue weighted by atomic mass is 32.2. The Morgan fingerprint density at radius 3 is 3.00 bits per heavy atom. The fourth-order valence-corrected chi connectivity index (χ4v) is 2.37. The average Bonchev–Trinajstić information content (AvgIpc) is 2.65. The topological polar surface area (TPSA) is 37.3 Å². The van der Waals surface area contributed by atoms with Gasteiger partial charge >= 0.3 is 0 Å². The summed E-state index contributed by atoms with van der Waals surface area (Å²) < 4.78 is 0. The maximum absolute atomic E-state index is 4.42. The summed E-state index contributed by atoms with van der Waals surface area (Å²) in [6.07, 6.45) is 1.82. The number of aromatic nitrogens is 1. The Bertz CT molecular complexity index is 350. The van der Waals surface area contributed by atoms with E-state index in [-0.39, 0.29) is 6.04 Å². The molecule has 0 fully saturated rings. The monoisotopic (exact) mass is 221 g/mol. The zero-order chi connectivity index (χ0) is 10.7. The molecular weight excluding hydrogens is 206 g/mol. The summed E-state index contributed by atoms with van der Waals surface area (Å²) in [5.74, 6) is 0. The molecule has 2 heterocycles. The van der Waals surface area contributed by atoms with Crippen molar-refractivity contribution in [2.24, 2.45) is 4.99 Å². The van der Waals surface area contributed by atoms with Crippen LogP contribution in [0.25, 0.3) is 0 Å². The van der Waals surface area contributed by atoms with E-state index in [9.17, 15) is 0 Å². The molecule has 80 valence electrons. The fourth-order valence-electron chi connectivity index (χ4n) is 1.45. The Balaban J connectivity index is 1.96. The molecule has 0 radical (unpaired) electrons. The SMILES string of the molecule is CC1CN=C(NC(C)c2ccccn2)S1. The van der Waals surface area contributed by atoms with E-state index < -0.39 is 0 Å². The van der Waals surface area contributed by atoms with Crippen LogP contribution in [0.1, 0.15) is 25.6 Å². The molecule has 0 aromatic carbocycles. The third-order valence-corrected chi connectivity index (χ3v) is 3.30. The smallest absolute Gasteiger partial charge is 0.157 e. The lowest BCUT2D eigenvalue weighted by Crippen LogP contribution is -2.23. The van der Waals surface area contributed by atoms with Crippen LogP contribution in [0.5, 0.6) is 0 Å². The first kappa shape index (κ1) is 10.5. The van der Waals surface area contributed by atoms with E-state index in [4.69, 9.17) is 0 Å². The van der Waals surface area contributed by atoms with Crippen LogP contribution in [-0.2, 0) is 0 Å². The van der Waals surface area contributed by atoms with Crippen LogP contribution >= 0.6 is 11.8 Å². The highest BCUT2D eigenvalue weighted by molar-refractivity contribution is 8.14. The highest BCUT2D eigenvalue weighted by Gasteiger charge is 2.17. The van der Waals surface area contributed by atoms with Crippen LogP contribution in [0.3, 0.4) is 0 Å². The molecule has 0 aliphatic carbocycles. The van der Waals surface area contributed by atoms with Crippen LogP contribution in [0.4, 0.5) is 0 Å². The number of aliphatic imine (C=N–C) groups is 1. The second kappa shape index (κ2) is 4.66. The summed E-state index contributed by atoms with van der Waals surface area (Å²) in [6, 6.07) is 6.19. The van der Waals surface area contributed by atoms with Gasteiger partial charge in [0.05, 0.1) is 18.3 Å². The first-order valence-electron chi connectivity index (χ1n) is 5.14. The van der Waals surface area contributed by atoms with Crippen LogP contribution in [-0.4, -0.2) is 21.9 Å². The van der Waals surface area contributed by atoms with E-state index in [2.05, 4.69) is 29.1 Å². The maximum Gasteiger partial charge on any atom is 0.157 e. The molecule has 0 bridgehead atoms. The lowest BCUT2D eigenvalue weighted by molar-refractivity contribution is 0.697. The molecule has 2 unspecified atom stereocenters. The summed E-state index contributed by atoms with van der Waals surface area (Å²) in [4.78, 5) is 8.74. The quantitative estimate of drug-likeness (QED) is 0.832. The molecule has 1 N–H and O–H groups in total. The Morgan fingerprint density at radius 2 is 2.40 bits per heavy atom. The zero-order valence-electron chi connectivity index (χ0n) is 8.97. The zero-order valence-corrected chi connectivity index (χ0v) is 9.79. The molecule has 2 rings (SSSR count). The fraction of sp³-hybridized carbons (Fsp3) is 0.455. The van der Waals surface area contributed by atoms with Gasteiger partial charge in [-0.3, -0.25) is 9.98 Å². The van der Waals surface area contributed by atoms with Gasteiger partial charge in [-0.1, -0.05) is 24.8 Å². The van der Waals surface area contributed by atoms with Crippen molar-refractivity contribution in [3.05, 3.63) is 30.1 Å². The predicted octanol–water partition coefficient (Wildman–Crippen LogP) is 2.22. The molecule has 1 aliphatic rings. The first-order chi connectivity index (χ1) is 7.25. The number of rotatable bonds is 2. The van der Waals surface area contributed by atoms with Gasteiger partial charge in [0.15, 0.2) is 5.17 Å². The van der Waals surface area contributed by atoms with Crippen LogP contribution in [0.2, 0.25) is 0 Å². The van der Waals surface area contributed by atoms with E-state index in [0.29, 0.717) is 5.25 Å². The largest absolute Gasteiger partial charge is 0.357 e. The number of nitrogens with one attached hydrogen (secondary N) is 1. The average molecular weight is 221 g/mol. The number of pyridine rings is 1. The van der Waals surface area contributed by atoms with E-state index >= 15 is 0 Å². The Morgan fingerprint density at radius 1 is 1.53 bits per heavy atom. The molecule has 15 heavy (non-hydrogen) atoms. The third-order valence-electron chi connectivity index (χ3n) is 2.28. The summed E-state index contributed by atoms with van der Waals surface area (Å²) >= 11 is 1.80. The van der Waals surface area contributed by atoms with E-state index in [1.54, 1.807) is 11.8 Å². The number of amidine groups is 1. The molecule has 1 aromatic rings. The first-order valence-corrected chi connectivity index (χ1v) is 6.02. The van der Waals surface area contributed by atoms with Gasteiger partial charge in [-0.25, -0.2) is 0 Å². The lowest BCUT2D eigenvalue weighted by Gasteiger charge is -2.13. The molecule has 0 amide bonds. The molecule has 2 atom stereocenters. The van der Waals surface area contributed by atoms with Gasteiger partial charge in [0.25, 0.3) is 0 Å². The van der Waals surface area contributed by atoms with Crippen molar-refractivity contribution in [1.82, 2.24) is 10.3 Å². The van der Waals surface area contributed by atoms with Crippen molar-refractivity contribution in [2.75, 3.05) is 6.54 Å². The Labute approximate surface area is 94.4 Å². The summed E-state index contributed by atoms with van der Waals surface area (Å²) in [5.41, 5.74) is 1.06.